The number of carboxylic acid groups (broad SMARTS) is 1. The molecule has 0 N–H and O–H groups in total. The number of Topliss-reactive ketones (excluding diaryl/α,β-unsaturated/α-hetero) is 6. The Hall–Kier alpha value is -13.6. The first-order valence-electron chi connectivity index (χ1n) is 39.9. The van der Waals surface area contributed by atoms with E-state index >= 15 is 0 Å². The molecule has 5 aliphatic heterocycles. The van der Waals surface area contributed by atoms with Gasteiger partial charge in [-0.15, -0.1) is 10.2 Å². The van der Waals surface area contributed by atoms with Crippen LogP contribution in [0.3, 0.4) is 0 Å². The Kier molecular flexibility index (Phi) is 25.0. The summed E-state index contributed by atoms with van der Waals surface area (Å²) in [6.45, 7) is 4.95. The summed E-state index contributed by atoms with van der Waals surface area (Å²) in [6.07, 6.45) is -0.849. The number of hydrogen-bond acceptors (Lipinski definition) is 21. The van der Waals surface area contributed by atoms with Gasteiger partial charge in [-0.1, -0.05) is 97.1 Å². The molecule has 4 aromatic heterocycles. The maximum absolute atomic E-state index is 13.2. The van der Waals surface area contributed by atoms with Gasteiger partial charge in [-0.25, -0.2) is 9.55 Å². The number of carbonyl (C=O) groups is 11. The number of benzene rings is 6. The van der Waals surface area contributed by atoms with Gasteiger partial charge in [0.15, 0.2) is 42.0 Å². The molecule has 18 rings (SSSR count). The molecular formula is C90H80F6N12O15. The first-order chi connectivity index (χ1) is 59.2. The Morgan fingerprint density at radius 1 is 0.463 bits per heavy atom. The van der Waals surface area contributed by atoms with Crippen molar-refractivity contribution < 1.29 is 103 Å². The van der Waals surface area contributed by atoms with Crippen molar-refractivity contribution in [2.24, 2.45) is 0 Å². The van der Waals surface area contributed by atoms with Crippen molar-refractivity contribution in [2.45, 2.75) is 167 Å². The number of carbonyl (C=O) groups excluding carboxylic acids is 11. The van der Waals surface area contributed by atoms with Crippen molar-refractivity contribution in [1.29, 1.82) is 0 Å². The SMILES string of the molecule is O=C1CCC(N2C(=O)c3cccc(OCc4ccc(CN5CCn6cc(C(F)(F)F)nc6C5)cc4)c3C2=O)C(=O)C1.O=C1CCC(N2Cc3c(OCc4ccc(CN5CCn6c(nnc6C(F)(F)F)C5)cc4)cccc3C2=O)C(=O)C1.O=C1CCC(N2Cc3c(OCc4ccc(C[n+]5ccc(-c6ccccn6)cc5)cc4)cccc3C2=O)C(=O)C1.O=C[O-]. The third-order valence-corrected chi connectivity index (χ3v) is 22.7. The second-order valence-corrected chi connectivity index (χ2v) is 30.9. The molecule has 33 heteroatoms. The van der Waals surface area contributed by atoms with E-state index in [9.17, 15) is 74.3 Å². The van der Waals surface area contributed by atoms with Gasteiger partial charge < -0.3 is 43.0 Å². The van der Waals surface area contributed by atoms with Crippen LogP contribution < -0.4 is 23.9 Å². The molecule has 4 amide bonds. The van der Waals surface area contributed by atoms with Crippen LogP contribution in [0.15, 0.2) is 183 Å². The van der Waals surface area contributed by atoms with E-state index in [1.54, 1.807) is 63.0 Å². The van der Waals surface area contributed by atoms with Gasteiger partial charge in [0.1, 0.15) is 66.1 Å². The fourth-order valence-corrected chi connectivity index (χ4v) is 16.4. The van der Waals surface area contributed by atoms with E-state index in [0.717, 1.165) is 72.4 Å². The maximum atomic E-state index is 13.2. The highest BCUT2D eigenvalue weighted by Gasteiger charge is 2.48. The lowest BCUT2D eigenvalue weighted by Crippen LogP contribution is -2.47. The quantitative estimate of drug-likeness (QED) is 0.0239. The Labute approximate surface area is 699 Å². The van der Waals surface area contributed by atoms with E-state index in [1.807, 2.05) is 82.6 Å². The van der Waals surface area contributed by atoms with Gasteiger partial charge in [-0.05, 0) is 95.6 Å². The van der Waals surface area contributed by atoms with E-state index in [0.29, 0.717) is 112 Å². The van der Waals surface area contributed by atoms with Crippen LogP contribution in [0.1, 0.15) is 167 Å². The lowest BCUT2D eigenvalue weighted by molar-refractivity contribution is -0.688. The Morgan fingerprint density at radius 2 is 0.927 bits per heavy atom. The Bertz CT molecular complexity index is 5750. The third-order valence-electron chi connectivity index (χ3n) is 22.7. The predicted octanol–water partition coefficient (Wildman–Crippen LogP) is 10.00. The van der Waals surface area contributed by atoms with Crippen LogP contribution in [0.2, 0.25) is 0 Å². The summed E-state index contributed by atoms with van der Waals surface area (Å²) in [5.74, 6) is -1.50. The topological polar surface area (TPSA) is 320 Å². The average Bonchev–Trinajstić information content (AvgIpc) is 1.59. The molecule has 0 bridgehead atoms. The number of halogens is 6. The van der Waals surface area contributed by atoms with Crippen molar-refractivity contribution in [1.82, 2.24) is 53.8 Å². The standard InChI is InChI=1S/C32H28N3O4.C29H25F3N4O5.C28H26F3N5O4.CH2O2/c36-25-11-12-29(30(37)18-25)35-20-27-26(32(35)38)4-3-6-31(27)39-21-23-9-7-22(8-10-23)19-34-16-13-24(14-17-34)28-5-1-2-15-33-28;30-29(31,32)24-14-35-11-10-34(15-25(35)33-24)13-17-4-6-18(7-5-17)16-41-23-3-1-2-20-26(23)28(40)36(27(20)39)21-9-8-19(37)12-22(21)38;29-28(30,31)27-33-32-25-15-34(10-11-35(25)27)13-17-4-6-18(7-5-17)16-40-24-3-1-2-20-21(24)14-36(26(20)39)22-9-8-19(37)12-23(22)38;2-1-3/h1-10,13-17,29H,11-12,18-21H2;1-7,14,21H,8-13,15-16H2;1-7,22H,8-16H2;1H,(H,2,3)/q+1;;;/p-1. The number of hydrogen-bond donors (Lipinski definition) is 0. The zero-order valence-electron chi connectivity index (χ0n) is 66.2. The largest absolute Gasteiger partial charge is 0.554 e. The highest BCUT2D eigenvalue weighted by molar-refractivity contribution is 6.25. The molecule has 6 aromatic carbocycles. The van der Waals surface area contributed by atoms with Crippen LogP contribution in [0.4, 0.5) is 26.3 Å². The summed E-state index contributed by atoms with van der Waals surface area (Å²) in [4.78, 5) is 149. The minimum Gasteiger partial charge on any atom is -0.554 e. The Balaban J connectivity index is 0.000000141. The smallest absolute Gasteiger partial charge is 0.451 e. The van der Waals surface area contributed by atoms with Gasteiger partial charge in [0.05, 0.1) is 80.4 Å². The number of pyridine rings is 2. The van der Waals surface area contributed by atoms with E-state index in [4.69, 9.17) is 24.1 Å². The highest BCUT2D eigenvalue weighted by atomic mass is 19.4. The van der Waals surface area contributed by atoms with Gasteiger partial charge in [0.2, 0.25) is 5.82 Å². The van der Waals surface area contributed by atoms with Crippen molar-refractivity contribution in [3.05, 3.63) is 272 Å². The summed E-state index contributed by atoms with van der Waals surface area (Å²) >= 11 is 0. The van der Waals surface area contributed by atoms with Gasteiger partial charge in [0, 0.05) is 123 Å². The molecule has 3 aliphatic carbocycles. The third kappa shape index (κ3) is 19.1. The van der Waals surface area contributed by atoms with E-state index in [1.165, 1.54) is 11.6 Å². The highest BCUT2D eigenvalue weighted by Crippen LogP contribution is 2.40. The monoisotopic (exact) mass is 1680 g/mol. The number of amides is 4. The normalized spacial score (nSPS) is 18.3. The van der Waals surface area contributed by atoms with E-state index in [-0.39, 0.29) is 123 Å². The molecule has 123 heavy (non-hydrogen) atoms. The number of imidazole rings is 1. The van der Waals surface area contributed by atoms with Gasteiger partial charge >= 0.3 is 12.4 Å². The molecule has 3 atom stereocenters. The zero-order chi connectivity index (χ0) is 86.4. The van der Waals surface area contributed by atoms with Crippen LogP contribution in [0.5, 0.6) is 17.2 Å². The minimum absolute atomic E-state index is 0.0486. The lowest BCUT2D eigenvalue weighted by Gasteiger charge is -2.29. The fourth-order valence-electron chi connectivity index (χ4n) is 16.4. The van der Waals surface area contributed by atoms with Crippen LogP contribution >= 0.6 is 0 Å². The minimum atomic E-state index is -4.52. The second-order valence-electron chi connectivity index (χ2n) is 30.9. The summed E-state index contributed by atoms with van der Waals surface area (Å²) < 4.78 is 101. The summed E-state index contributed by atoms with van der Waals surface area (Å²) in [5, 5.41) is 15.3. The van der Waals surface area contributed by atoms with Crippen LogP contribution in [0, 0.1) is 0 Å². The molecular weight excluding hydrogens is 1600 g/mol. The molecule has 0 spiro atoms. The molecule has 3 saturated carbocycles. The summed E-state index contributed by atoms with van der Waals surface area (Å²) in [7, 11) is 0. The van der Waals surface area contributed by atoms with Gasteiger partial charge in [-0.3, -0.25) is 67.6 Å². The van der Waals surface area contributed by atoms with Crippen molar-refractivity contribution in [2.75, 3.05) is 13.1 Å². The zero-order valence-corrected chi connectivity index (χ0v) is 66.2. The molecule has 0 saturated heterocycles. The van der Waals surface area contributed by atoms with Gasteiger partial charge in [-0.2, -0.15) is 26.3 Å². The van der Waals surface area contributed by atoms with E-state index < -0.39 is 66.1 Å². The first-order valence-corrected chi connectivity index (χ1v) is 39.9. The van der Waals surface area contributed by atoms with Crippen molar-refractivity contribution >= 4 is 64.8 Å². The van der Waals surface area contributed by atoms with Gasteiger partial charge in [0.25, 0.3) is 23.6 Å². The van der Waals surface area contributed by atoms with Crippen molar-refractivity contribution in [3.63, 3.8) is 0 Å². The first kappa shape index (κ1) is 84.5. The molecule has 3 fully saturated rings. The van der Waals surface area contributed by atoms with Crippen LogP contribution in [-0.2, 0) is 125 Å². The van der Waals surface area contributed by atoms with E-state index in [2.05, 4.69) is 73.5 Å². The second kappa shape index (κ2) is 36.4. The molecule has 0 radical (unpaired) electrons. The molecule has 8 aliphatic rings. The number of nitrogens with zero attached hydrogens (tertiary/aromatic N) is 12. The maximum Gasteiger partial charge on any atom is 0.451 e. The van der Waals surface area contributed by atoms with Crippen molar-refractivity contribution in [3.8, 4) is 28.5 Å². The Morgan fingerprint density at radius 3 is 1.41 bits per heavy atom. The van der Waals surface area contributed by atoms with Crippen LogP contribution in [0.25, 0.3) is 11.3 Å². The number of aromatic nitrogens is 7. The average molecular weight is 1680 g/mol. The summed E-state index contributed by atoms with van der Waals surface area (Å²) in [5.41, 5.74) is 9.94. The molecule has 27 nitrogen and oxygen atoms in total. The molecule has 3 unspecified atom stereocenters. The molecule has 9 heterocycles. The lowest BCUT2D eigenvalue weighted by atomic mass is 9.92. The number of imide groups is 1. The predicted molar refractivity (Wildman–Crippen MR) is 420 cm³/mol. The van der Waals surface area contributed by atoms with Crippen LogP contribution in [-0.4, -0.2) is 150 Å². The summed E-state index contributed by atoms with van der Waals surface area (Å²) in [6, 6.07) is 47.0. The number of fused-ring (bicyclic) bond motifs is 5. The molecule has 632 valence electrons. The number of ether oxygens (including phenoxy) is 3. The fraction of sp³-hybridized carbons (Fsp3) is 0.311. The number of alkyl halides is 6. The number of rotatable bonds is 19. The molecule has 10 aromatic rings. The number of ketones is 6.